The Morgan fingerprint density at radius 2 is 1.48 bits per heavy atom. The highest BCUT2D eigenvalue weighted by Gasteiger charge is 2.21. The Hall–Kier alpha value is -3.06. The Balaban J connectivity index is 1.78. The van der Waals surface area contributed by atoms with Crippen LogP contribution in [-0.2, 0) is 4.79 Å². The van der Waals surface area contributed by atoms with Crippen molar-refractivity contribution in [2.45, 2.75) is 52.0 Å². The fourth-order valence-electron chi connectivity index (χ4n) is 4.16. The van der Waals surface area contributed by atoms with E-state index in [1.165, 1.54) is 19.3 Å². The monoisotopic (exact) mass is 453 g/mol. The molecule has 7 heteroatoms. The van der Waals surface area contributed by atoms with Crippen molar-refractivity contribution in [1.82, 2.24) is 4.90 Å². The van der Waals surface area contributed by atoms with E-state index in [2.05, 4.69) is 15.5 Å². The first kappa shape index (κ1) is 24.6. The maximum atomic E-state index is 12.8. The van der Waals surface area contributed by atoms with Crippen molar-refractivity contribution >= 4 is 23.2 Å². The maximum Gasteiger partial charge on any atom is 0.255 e. The third-order valence-corrected chi connectivity index (χ3v) is 5.83. The minimum Gasteiger partial charge on any atom is -0.492 e. The van der Waals surface area contributed by atoms with Gasteiger partial charge in [0.1, 0.15) is 11.5 Å². The summed E-state index contributed by atoms with van der Waals surface area (Å²) in [5, 5.41) is 5.88. The Kier molecular flexibility index (Phi) is 9.13. The minimum absolute atomic E-state index is 0.104. The van der Waals surface area contributed by atoms with Gasteiger partial charge in [0.2, 0.25) is 5.91 Å². The molecule has 0 atom stereocenters. The summed E-state index contributed by atoms with van der Waals surface area (Å²) in [6.45, 7) is 4.90. The highest BCUT2D eigenvalue weighted by Crippen LogP contribution is 2.37. The molecular weight excluding hydrogens is 418 g/mol. The first-order valence-corrected chi connectivity index (χ1v) is 11.8. The van der Waals surface area contributed by atoms with E-state index in [1.807, 2.05) is 39.1 Å². The molecule has 0 aliphatic heterocycles. The molecule has 2 amide bonds. The molecule has 1 fully saturated rings. The van der Waals surface area contributed by atoms with Gasteiger partial charge in [-0.1, -0.05) is 37.5 Å². The van der Waals surface area contributed by atoms with Crippen LogP contribution in [0.25, 0.3) is 0 Å². The zero-order chi connectivity index (χ0) is 23.6. The van der Waals surface area contributed by atoms with E-state index in [0.29, 0.717) is 54.2 Å². The van der Waals surface area contributed by atoms with Gasteiger partial charge in [0.15, 0.2) is 0 Å². The standard InChI is InChI=1S/C26H35N3O4/c1-4-32-23-17-22(28-26(31)19-12-8-6-9-13-19)24(33-5-2)16-21(23)27-25(30)18-29(3)20-14-10-7-11-15-20/h6,8-9,12-13,16-17,20H,4-5,7,10-11,14-15,18H2,1-3H3,(H,27,30)(H,28,31). The molecule has 0 heterocycles. The average molecular weight is 454 g/mol. The quantitative estimate of drug-likeness (QED) is 0.533. The molecule has 0 bridgehead atoms. The molecule has 2 aromatic rings. The number of ether oxygens (including phenoxy) is 2. The largest absolute Gasteiger partial charge is 0.492 e. The molecule has 0 unspecified atom stereocenters. The summed E-state index contributed by atoms with van der Waals surface area (Å²) in [5.41, 5.74) is 1.56. The molecule has 2 N–H and O–H groups in total. The summed E-state index contributed by atoms with van der Waals surface area (Å²) in [4.78, 5) is 27.6. The molecule has 3 rings (SSSR count). The summed E-state index contributed by atoms with van der Waals surface area (Å²) in [6.07, 6.45) is 6.00. The number of rotatable bonds is 10. The second kappa shape index (κ2) is 12.3. The number of likely N-dealkylation sites (N-methyl/N-ethyl adjacent to an activating group) is 1. The Labute approximate surface area is 196 Å². The van der Waals surface area contributed by atoms with E-state index in [4.69, 9.17) is 9.47 Å². The van der Waals surface area contributed by atoms with Crippen LogP contribution < -0.4 is 20.1 Å². The zero-order valence-corrected chi connectivity index (χ0v) is 19.9. The van der Waals surface area contributed by atoms with E-state index >= 15 is 0 Å². The van der Waals surface area contributed by atoms with E-state index in [9.17, 15) is 9.59 Å². The Morgan fingerprint density at radius 1 is 0.909 bits per heavy atom. The molecule has 1 saturated carbocycles. The number of amides is 2. The van der Waals surface area contributed by atoms with Crippen LogP contribution in [0.4, 0.5) is 11.4 Å². The van der Waals surface area contributed by atoms with Crippen molar-refractivity contribution in [3.05, 3.63) is 48.0 Å². The van der Waals surface area contributed by atoms with E-state index in [0.717, 1.165) is 12.8 Å². The molecule has 2 aromatic carbocycles. The molecule has 1 aliphatic carbocycles. The number of nitrogens with one attached hydrogen (secondary N) is 2. The van der Waals surface area contributed by atoms with Gasteiger partial charge >= 0.3 is 0 Å². The molecule has 0 spiro atoms. The second-order valence-corrected chi connectivity index (χ2v) is 8.29. The lowest BCUT2D eigenvalue weighted by Gasteiger charge is -2.30. The van der Waals surface area contributed by atoms with Crippen molar-refractivity contribution in [2.75, 3.05) is 37.4 Å². The number of carbonyl (C=O) groups is 2. The normalized spacial score (nSPS) is 14.1. The van der Waals surface area contributed by atoms with Gasteiger partial charge in [-0.3, -0.25) is 14.5 Å². The van der Waals surface area contributed by atoms with Crippen LogP contribution in [-0.4, -0.2) is 49.6 Å². The first-order chi connectivity index (χ1) is 16.0. The summed E-state index contributed by atoms with van der Waals surface area (Å²) in [5.74, 6) is 0.608. The van der Waals surface area contributed by atoms with Gasteiger partial charge in [-0.2, -0.15) is 0 Å². The van der Waals surface area contributed by atoms with Crippen LogP contribution in [0.3, 0.4) is 0 Å². The number of nitrogens with zero attached hydrogens (tertiary/aromatic N) is 1. The smallest absolute Gasteiger partial charge is 0.255 e. The van der Waals surface area contributed by atoms with Crippen molar-refractivity contribution in [2.24, 2.45) is 0 Å². The summed E-state index contributed by atoms with van der Waals surface area (Å²) >= 11 is 0. The average Bonchev–Trinajstić information content (AvgIpc) is 2.83. The predicted octanol–water partition coefficient (Wildman–Crippen LogP) is 4.94. The molecule has 178 valence electrons. The molecule has 0 aromatic heterocycles. The number of hydrogen-bond donors (Lipinski definition) is 2. The fraction of sp³-hybridized carbons (Fsp3) is 0.462. The SMILES string of the molecule is CCOc1cc(NC(=O)c2ccccc2)c(OCC)cc1NC(=O)CN(C)C1CCCCC1. The molecule has 7 nitrogen and oxygen atoms in total. The third kappa shape index (κ3) is 6.96. The van der Waals surface area contributed by atoms with Gasteiger partial charge < -0.3 is 20.1 Å². The van der Waals surface area contributed by atoms with Gasteiger partial charge in [-0.05, 0) is 45.9 Å². The second-order valence-electron chi connectivity index (χ2n) is 8.29. The first-order valence-electron chi connectivity index (χ1n) is 11.8. The number of hydrogen-bond acceptors (Lipinski definition) is 5. The molecule has 0 radical (unpaired) electrons. The lowest BCUT2D eigenvalue weighted by Crippen LogP contribution is -2.39. The van der Waals surface area contributed by atoms with Crippen LogP contribution in [0.15, 0.2) is 42.5 Å². The maximum absolute atomic E-state index is 12.8. The topological polar surface area (TPSA) is 79.9 Å². The molecule has 0 saturated heterocycles. The van der Waals surface area contributed by atoms with Crippen LogP contribution >= 0.6 is 0 Å². The van der Waals surface area contributed by atoms with Crippen molar-refractivity contribution in [3.8, 4) is 11.5 Å². The highest BCUT2D eigenvalue weighted by molar-refractivity contribution is 6.05. The lowest BCUT2D eigenvalue weighted by molar-refractivity contribution is -0.117. The number of anilines is 2. The van der Waals surface area contributed by atoms with Gasteiger partial charge in [-0.25, -0.2) is 0 Å². The van der Waals surface area contributed by atoms with E-state index < -0.39 is 0 Å². The van der Waals surface area contributed by atoms with Crippen LogP contribution in [0, 0.1) is 0 Å². The fourth-order valence-corrected chi connectivity index (χ4v) is 4.16. The van der Waals surface area contributed by atoms with Crippen molar-refractivity contribution in [1.29, 1.82) is 0 Å². The minimum atomic E-state index is -0.245. The number of carbonyl (C=O) groups excluding carboxylic acids is 2. The van der Waals surface area contributed by atoms with Crippen molar-refractivity contribution in [3.63, 3.8) is 0 Å². The Bertz CT molecular complexity index is 927. The highest BCUT2D eigenvalue weighted by atomic mass is 16.5. The van der Waals surface area contributed by atoms with E-state index in [-0.39, 0.29) is 11.8 Å². The molecular formula is C26H35N3O4. The van der Waals surface area contributed by atoms with Gasteiger partial charge in [-0.15, -0.1) is 0 Å². The van der Waals surface area contributed by atoms with Crippen LogP contribution in [0.1, 0.15) is 56.3 Å². The zero-order valence-electron chi connectivity index (χ0n) is 19.9. The molecule has 33 heavy (non-hydrogen) atoms. The van der Waals surface area contributed by atoms with Crippen LogP contribution in [0.5, 0.6) is 11.5 Å². The van der Waals surface area contributed by atoms with Crippen molar-refractivity contribution < 1.29 is 19.1 Å². The number of benzene rings is 2. The Morgan fingerprint density at radius 3 is 2.06 bits per heavy atom. The lowest BCUT2D eigenvalue weighted by atomic mass is 9.94. The predicted molar refractivity (Wildman–Crippen MR) is 131 cm³/mol. The van der Waals surface area contributed by atoms with Gasteiger partial charge in [0.05, 0.1) is 31.1 Å². The third-order valence-electron chi connectivity index (χ3n) is 5.83. The summed E-state index contributed by atoms with van der Waals surface area (Å²) < 4.78 is 11.6. The van der Waals surface area contributed by atoms with Gasteiger partial charge in [0.25, 0.3) is 5.91 Å². The van der Waals surface area contributed by atoms with E-state index in [1.54, 1.807) is 24.3 Å². The summed E-state index contributed by atoms with van der Waals surface area (Å²) in [7, 11) is 2.01. The summed E-state index contributed by atoms with van der Waals surface area (Å²) in [6, 6.07) is 12.8. The molecule has 1 aliphatic rings. The van der Waals surface area contributed by atoms with Gasteiger partial charge in [0, 0.05) is 23.7 Å². The van der Waals surface area contributed by atoms with Crippen LogP contribution in [0.2, 0.25) is 0 Å².